The van der Waals surface area contributed by atoms with Gasteiger partial charge in [-0.15, -0.1) is 0 Å². The topological polar surface area (TPSA) is 110 Å². The van der Waals surface area contributed by atoms with Crippen molar-refractivity contribution >= 4 is 32.9 Å². The van der Waals surface area contributed by atoms with Crippen LogP contribution in [0.5, 0.6) is 0 Å². The smallest absolute Gasteiger partial charge is 0.265 e. The molecule has 1 aromatic heterocycles. The normalized spacial score (nSPS) is 14.1. The first-order valence-electron chi connectivity index (χ1n) is 15.2. The number of aromatic nitrogens is 2. The van der Waals surface area contributed by atoms with Crippen LogP contribution in [-0.2, 0) is 23.0 Å². The van der Waals surface area contributed by atoms with Crippen molar-refractivity contribution in [1.29, 1.82) is 0 Å². The van der Waals surface area contributed by atoms with E-state index in [9.17, 15) is 18.0 Å². The maximum absolute atomic E-state index is 13.1. The van der Waals surface area contributed by atoms with Crippen molar-refractivity contribution in [3.05, 3.63) is 89.2 Å². The van der Waals surface area contributed by atoms with Gasteiger partial charge in [-0.1, -0.05) is 75.1 Å². The Morgan fingerprint density at radius 1 is 0.953 bits per heavy atom. The van der Waals surface area contributed by atoms with E-state index in [4.69, 9.17) is 4.98 Å². The number of aryl methyl sites for hydroxylation is 1. The van der Waals surface area contributed by atoms with E-state index in [1.54, 1.807) is 18.2 Å². The lowest BCUT2D eigenvalue weighted by Crippen LogP contribution is -2.30. The van der Waals surface area contributed by atoms with Crippen molar-refractivity contribution in [3.8, 4) is 11.1 Å². The summed E-state index contributed by atoms with van der Waals surface area (Å²) in [5.74, 6) is 0.851. The predicted molar refractivity (Wildman–Crippen MR) is 171 cm³/mol. The number of carbonyl (C=O) groups is 2. The van der Waals surface area contributed by atoms with Crippen LogP contribution in [0.1, 0.15) is 84.0 Å². The Hall–Kier alpha value is -3.98. The molecule has 0 bridgehead atoms. The van der Waals surface area contributed by atoms with Gasteiger partial charge in [0.25, 0.3) is 11.8 Å². The van der Waals surface area contributed by atoms with Crippen molar-refractivity contribution in [2.45, 2.75) is 64.8 Å². The number of hydrogen-bond donors (Lipinski definition) is 2. The number of nitrogens with one attached hydrogen (secondary N) is 2. The molecule has 9 heteroatoms. The fourth-order valence-corrected chi connectivity index (χ4v) is 6.32. The van der Waals surface area contributed by atoms with Gasteiger partial charge in [0.2, 0.25) is 10.0 Å². The second-order valence-corrected chi connectivity index (χ2v) is 13.3. The molecule has 0 radical (unpaired) electrons. The molecule has 0 spiro atoms. The Bertz CT molecular complexity index is 1700. The Balaban J connectivity index is 1.39. The standard InChI is InChI=1S/C34H40N4O4S/c1-3-4-14-32-36-30-20-19-27(33(39)35-22-24-10-6-5-7-11-24)21-31(30)38(32)23-25-15-17-26(18-16-25)28-12-8-9-13-29(28)34(40)37-43(2,41)42/h8-9,12-13,15-21,24H,3-7,10-11,14,22-23H2,1-2H3,(H,35,39)(H,37,40). The lowest BCUT2D eigenvalue weighted by Gasteiger charge is -2.21. The van der Waals surface area contributed by atoms with E-state index in [1.165, 1.54) is 32.1 Å². The molecular weight excluding hydrogens is 560 g/mol. The molecule has 226 valence electrons. The molecule has 1 heterocycles. The van der Waals surface area contributed by atoms with Crippen LogP contribution in [0.3, 0.4) is 0 Å². The summed E-state index contributed by atoms with van der Waals surface area (Å²) in [4.78, 5) is 30.7. The summed E-state index contributed by atoms with van der Waals surface area (Å²) >= 11 is 0. The summed E-state index contributed by atoms with van der Waals surface area (Å²) in [5, 5.41) is 3.16. The van der Waals surface area contributed by atoms with Crippen molar-refractivity contribution in [2.24, 2.45) is 5.92 Å². The first kappa shape index (κ1) is 30.5. The monoisotopic (exact) mass is 600 g/mol. The molecule has 2 N–H and O–H groups in total. The van der Waals surface area contributed by atoms with Gasteiger partial charge in [-0.2, -0.15) is 0 Å². The van der Waals surface area contributed by atoms with Gasteiger partial charge in [-0.25, -0.2) is 18.1 Å². The number of imidazole rings is 1. The van der Waals surface area contributed by atoms with Crippen LogP contribution < -0.4 is 10.0 Å². The molecule has 1 fully saturated rings. The number of rotatable bonds is 11. The molecule has 8 nitrogen and oxygen atoms in total. The van der Waals surface area contributed by atoms with Gasteiger partial charge in [0.1, 0.15) is 5.82 Å². The molecule has 1 aliphatic rings. The summed E-state index contributed by atoms with van der Waals surface area (Å²) in [6.07, 6.45) is 10.0. The SMILES string of the molecule is CCCCc1nc2ccc(C(=O)NCC3CCCCC3)cc2n1Cc1ccc(-c2ccccc2C(=O)NS(C)(=O)=O)cc1. The predicted octanol–water partition coefficient (Wildman–Crippen LogP) is 6.09. The highest BCUT2D eigenvalue weighted by Crippen LogP contribution is 2.27. The summed E-state index contributed by atoms with van der Waals surface area (Å²) in [5.41, 5.74) is 5.24. The fraction of sp³-hybridized carbons (Fsp3) is 0.382. The molecular formula is C34H40N4O4S. The number of benzene rings is 3. The van der Waals surface area contributed by atoms with Gasteiger partial charge in [0, 0.05) is 30.6 Å². The molecule has 5 rings (SSSR count). The van der Waals surface area contributed by atoms with Gasteiger partial charge >= 0.3 is 0 Å². The van der Waals surface area contributed by atoms with Crippen LogP contribution in [0.25, 0.3) is 22.2 Å². The summed E-state index contributed by atoms with van der Waals surface area (Å²) in [7, 11) is -3.69. The number of nitrogens with zero attached hydrogens (tertiary/aromatic N) is 2. The van der Waals surface area contributed by atoms with Crippen molar-refractivity contribution in [1.82, 2.24) is 19.6 Å². The molecule has 1 aliphatic carbocycles. The maximum atomic E-state index is 13.1. The highest BCUT2D eigenvalue weighted by molar-refractivity contribution is 7.89. The Labute approximate surface area is 254 Å². The molecule has 2 amide bonds. The van der Waals surface area contributed by atoms with Gasteiger partial charge < -0.3 is 9.88 Å². The second kappa shape index (κ2) is 13.5. The van der Waals surface area contributed by atoms with E-state index < -0.39 is 15.9 Å². The maximum Gasteiger partial charge on any atom is 0.265 e. The molecule has 1 saturated carbocycles. The van der Waals surface area contributed by atoms with Gasteiger partial charge in [0.05, 0.1) is 17.3 Å². The van der Waals surface area contributed by atoms with E-state index in [0.29, 0.717) is 23.6 Å². The first-order chi connectivity index (χ1) is 20.7. The summed E-state index contributed by atoms with van der Waals surface area (Å²) < 4.78 is 27.5. The number of fused-ring (bicyclic) bond motifs is 1. The van der Waals surface area contributed by atoms with Crippen LogP contribution in [0.4, 0.5) is 0 Å². The summed E-state index contributed by atoms with van der Waals surface area (Å²) in [6, 6.07) is 20.6. The van der Waals surface area contributed by atoms with Crippen LogP contribution in [-0.4, -0.2) is 42.6 Å². The zero-order chi connectivity index (χ0) is 30.4. The quantitative estimate of drug-likeness (QED) is 0.216. The zero-order valence-electron chi connectivity index (χ0n) is 24.9. The third-order valence-corrected chi connectivity index (χ3v) is 8.73. The highest BCUT2D eigenvalue weighted by Gasteiger charge is 2.18. The average molecular weight is 601 g/mol. The van der Waals surface area contributed by atoms with Crippen molar-refractivity contribution < 1.29 is 18.0 Å². The third kappa shape index (κ3) is 7.70. The van der Waals surface area contributed by atoms with Crippen LogP contribution in [0, 0.1) is 5.92 Å². The minimum Gasteiger partial charge on any atom is -0.352 e. The summed E-state index contributed by atoms with van der Waals surface area (Å²) in [6.45, 7) is 3.47. The number of amides is 2. The Kier molecular flexibility index (Phi) is 9.60. The fourth-order valence-electron chi connectivity index (χ4n) is 5.87. The van der Waals surface area contributed by atoms with Crippen LogP contribution >= 0.6 is 0 Å². The molecule has 3 aromatic carbocycles. The number of hydrogen-bond acceptors (Lipinski definition) is 5. The second-order valence-electron chi connectivity index (χ2n) is 11.6. The Morgan fingerprint density at radius 3 is 2.42 bits per heavy atom. The number of carbonyl (C=O) groups excluding carboxylic acids is 2. The van der Waals surface area contributed by atoms with Gasteiger partial charge in [0.15, 0.2) is 0 Å². The van der Waals surface area contributed by atoms with E-state index in [0.717, 1.165) is 60.0 Å². The van der Waals surface area contributed by atoms with Gasteiger partial charge in [-0.3, -0.25) is 9.59 Å². The molecule has 0 saturated heterocycles. The average Bonchev–Trinajstić information content (AvgIpc) is 3.35. The molecule has 43 heavy (non-hydrogen) atoms. The van der Waals surface area contributed by atoms with E-state index in [2.05, 4.69) is 21.5 Å². The lowest BCUT2D eigenvalue weighted by molar-refractivity contribution is 0.0942. The zero-order valence-corrected chi connectivity index (χ0v) is 25.8. The lowest BCUT2D eigenvalue weighted by atomic mass is 9.89. The Morgan fingerprint density at radius 2 is 1.70 bits per heavy atom. The minimum atomic E-state index is -3.69. The van der Waals surface area contributed by atoms with E-state index in [1.807, 2.05) is 48.5 Å². The van der Waals surface area contributed by atoms with Crippen molar-refractivity contribution in [3.63, 3.8) is 0 Å². The van der Waals surface area contributed by atoms with E-state index >= 15 is 0 Å². The molecule has 0 aliphatic heterocycles. The number of unbranched alkanes of at least 4 members (excludes halogenated alkanes) is 1. The van der Waals surface area contributed by atoms with E-state index in [-0.39, 0.29) is 11.5 Å². The molecule has 0 atom stereocenters. The highest BCUT2D eigenvalue weighted by atomic mass is 32.2. The molecule has 0 unspecified atom stereocenters. The third-order valence-electron chi connectivity index (χ3n) is 8.17. The van der Waals surface area contributed by atoms with Crippen molar-refractivity contribution in [2.75, 3.05) is 12.8 Å². The van der Waals surface area contributed by atoms with Crippen LogP contribution in [0.15, 0.2) is 66.7 Å². The minimum absolute atomic E-state index is 0.0433. The first-order valence-corrected chi connectivity index (χ1v) is 17.1. The molecule has 4 aromatic rings. The van der Waals surface area contributed by atoms with Gasteiger partial charge in [-0.05, 0) is 66.1 Å². The number of sulfonamides is 1. The van der Waals surface area contributed by atoms with Crippen LogP contribution in [0.2, 0.25) is 0 Å². The largest absolute Gasteiger partial charge is 0.352 e.